The Morgan fingerprint density at radius 2 is 1.73 bits per heavy atom. The van der Waals surface area contributed by atoms with Gasteiger partial charge in [-0.2, -0.15) is 0 Å². The van der Waals surface area contributed by atoms with Crippen LogP contribution in [-0.2, 0) is 11.3 Å². The van der Waals surface area contributed by atoms with Crippen molar-refractivity contribution in [1.29, 1.82) is 0 Å². The van der Waals surface area contributed by atoms with E-state index in [0.29, 0.717) is 34.4 Å². The van der Waals surface area contributed by atoms with Gasteiger partial charge >= 0.3 is 0 Å². The fourth-order valence-corrected chi connectivity index (χ4v) is 5.22. The second-order valence-electron chi connectivity index (χ2n) is 8.51. The van der Waals surface area contributed by atoms with E-state index in [1.165, 1.54) is 17.3 Å². The fourth-order valence-electron chi connectivity index (χ4n) is 4.29. The molecule has 1 atom stereocenters. The van der Waals surface area contributed by atoms with Crippen molar-refractivity contribution in [3.05, 3.63) is 70.5 Å². The van der Waals surface area contributed by atoms with E-state index < -0.39 is 0 Å². The van der Waals surface area contributed by atoms with Crippen molar-refractivity contribution >= 4 is 28.6 Å². The second kappa shape index (κ2) is 11.0. The first-order valence-corrected chi connectivity index (χ1v) is 12.8. The molecule has 6 nitrogen and oxygen atoms in total. The van der Waals surface area contributed by atoms with Gasteiger partial charge in [-0.3, -0.25) is 19.1 Å². The molecule has 1 aliphatic heterocycles. The summed E-state index contributed by atoms with van der Waals surface area (Å²) in [4.78, 5) is 35.1. The average Bonchev–Trinajstić information content (AvgIpc) is 2.87. The lowest BCUT2D eigenvalue weighted by Gasteiger charge is -2.38. The predicted octanol–water partition coefficient (Wildman–Crippen LogP) is 4.19. The largest absolute Gasteiger partial charge is 0.339 e. The molecule has 3 aromatic rings. The molecule has 2 heterocycles. The zero-order valence-corrected chi connectivity index (χ0v) is 20.3. The summed E-state index contributed by atoms with van der Waals surface area (Å²) in [7, 11) is 0. The average molecular weight is 465 g/mol. The molecule has 1 aromatic heterocycles. The lowest BCUT2D eigenvalue weighted by Crippen LogP contribution is -2.49. The Bertz CT molecular complexity index is 1140. The minimum atomic E-state index is -0.0208. The number of fused-ring (bicyclic) bond motifs is 1. The second-order valence-corrected chi connectivity index (χ2v) is 9.46. The Kier molecular flexibility index (Phi) is 7.83. The number of para-hydroxylation sites is 1. The minimum absolute atomic E-state index is 0.0208. The zero-order valence-electron chi connectivity index (χ0n) is 19.4. The Morgan fingerprint density at radius 1 is 1.03 bits per heavy atom. The SMILES string of the molecule is CCCCn1c(SCC(=O)N2CCN(C(C)c3ccccc3)CC2)nc2ccccc2c1=O. The normalized spacial score (nSPS) is 15.6. The van der Waals surface area contributed by atoms with Gasteiger partial charge in [0, 0.05) is 38.8 Å². The molecule has 0 spiro atoms. The molecule has 2 aromatic carbocycles. The Labute approximate surface area is 199 Å². The number of hydrogen-bond acceptors (Lipinski definition) is 5. The number of nitrogens with zero attached hydrogens (tertiary/aromatic N) is 4. The molecule has 0 radical (unpaired) electrons. The van der Waals surface area contributed by atoms with E-state index in [4.69, 9.17) is 4.98 Å². The van der Waals surface area contributed by atoms with Gasteiger partial charge in [0.1, 0.15) is 0 Å². The molecule has 1 fully saturated rings. The summed E-state index contributed by atoms with van der Waals surface area (Å²) in [5.74, 6) is 0.405. The van der Waals surface area contributed by atoms with Crippen molar-refractivity contribution in [2.24, 2.45) is 0 Å². The van der Waals surface area contributed by atoms with Crippen LogP contribution in [0.25, 0.3) is 10.9 Å². The van der Waals surface area contributed by atoms with Crippen LogP contribution in [0.2, 0.25) is 0 Å². The van der Waals surface area contributed by atoms with Gasteiger partial charge in [-0.1, -0.05) is 67.6 Å². The number of benzene rings is 2. The summed E-state index contributed by atoms with van der Waals surface area (Å²) in [6.07, 6.45) is 1.90. The molecular formula is C26H32N4O2S. The molecule has 4 rings (SSSR count). The van der Waals surface area contributed by atoms with Gasteiger partial charge in [0.25, 0.3) is 5.56 Å². The van der Waals surface area contributed by atoms with E-state index in [0.717, 1.165) is 39.0 Å². The van der Waals surface area contributed by atoms with Gasteiger partial charge in [-0.15, -0.1) is 0 Å². The number of amides is 1. The summed E-state index contributed by atoms with van der Waals surface area (Å²) in [6, 6.07) is 18.3. The van der Waals surface area contributed by atoms with Gasteiger partial charge in [-0.25, -0.2) is 4.98 Å². The monoisotopic (exact) mass is 464 g/mol. The van der Waals surface area contributed by atoms with E-state index >= 15 is 0 Å². The Morgan fingerprint density at radius 3 is 2.45 bits per heavy atom. The number of rotatable bonds is 8. The van der Waals surface area contributed by atoms with Crippen LogP contribution in [0.5, 0.6) is 0 Å². The first-order chi connectivity index (χ1) is 16.1. The van der Waals surface area contributed by atoms with Crippen LogP contribution in [0.4, 0.5) is 0 Å². The van der Waals surface area contributed by atoms with Crippen LogP contribution < -0.4 is 5.56 Å². The first kappa shape index (κ1) is 23.5. The number of hydrogen-bond donors (Lipinski definition) is 0. The first-order valence-electron chi connectivity index (χ1n) is 11.8. The van der Waals surface area contributed by atoms with E-state index in [-0.39, 0.29) is 11.5 Å². The van der Waals surface area contributed by atoms with Gasteiger partial charge in [0.15, 0.2) is 5.16 Å². The van der Waals surface area contributed by atoms with Crippen molar-refractivity contribution in [2.75, 3.05) is 31.9 Å². The van der Waals surface area contributed by atoms with Crippen LogP contribution in [0.3, 0.4) is 0 Å². The summed E-state index contributed by atoms with van der Waals surface area (Å²) in [5, 5.41) is 1.27. The van der Waals surface area contributed by atoms with E-state index in [1.807, 2.05) is 35.2 Å². The maximum absolute atomic E-state index is 13.0. The molecule has 0 aliphatic carbocycles. The zero-order chi connectivity index (χ0) is 23.2. The van der Waals surface area contributed by atoms with Gasteiger partial charge in [-0.05, 0) is 31.0 Å². The van der Waals surface area contributed by atoms with Gasteiger partial charge < -0.3 is 4.90 Å². The Hall–Kier alpha value is -2.64. The van der Waals surface area contributed by atoms with Gasteiger partial charge in [0.05, 0.1) is 16.7 Å². The third kappa shape index (κ3) is 5.47. The van der Waals surface area contributed by atoms with Crippen molar-refractivity contribution < 1.29 is 4.79 Å². The van der Waals surface area contributed by atoms with E-state index in [1.54, 1.807) is 4.57 Å². The fraction of sp³-hybridized carbons (Fsp3) is 0.423. The van der Waals surface area contributed by atoms with Crippen molar-refractivity contribution in [3.8, 4) is 0 Å². The highest BCUT2D eigenvalue weighted by molar-refractivity contribution is 7.99. The van der Waals surface area contributed by atoms with Crippen LogP contribution in [0.1, 0.15) is 38.3 Å². The lowest BCUT2D eigenvalue weighted by molar-refractivity contribution is -0.130. The number of unbranched alkanes of at least 4 members (excludes halogenated alkanes) is 1. The summed E-state index contributed by atoms with van der Waals surface area (Å²) < 4.78 is 1.74. The number of carbonyl (C=O) groups excluding carboxylic acids is 1. The van der Waals surface area contributed by atoms with Crippen LogP contribution in [-0.4, -0.2) is 57.2 Å². The maximum atomic E-state index is 13.0. The van der Waals surface area contributed by atoms with E-state index in [9.17, 15) is 9.59 Å². The molecule has 1 unspecified atom stereocenters. The predicted molar refractivity (Wildman–Crippen MR) is 135 cm³/mol. The standard InChI is InChI=1S/C26H32N4O2S/c1-3-4-14-30-25(32)22-12-8-9-13-23(22)27-26(30)33-19-24(31)29-17-15-28(16-18-29)20(2)21-10-6-5-7-11-21/h5-13,20H,3-4,14-19H2,1-2H3. The highest BCUT2D eigenvalue weighted by Crippen LogP contribution is 2.23. The van der Waals surface area contributed by atoms with E-state index in [2.05, 4.69) is 43.0 Å². The molecular weight excluding hydrogens is 432 g/mol. The van der Waals surface area contributed by atoms with Crippen LogP contribution >= 0.6 is 11.8 Å². The molecule has 1 saturated heterocycles. The van der Waals surface area contributed by atoms with Crippen molar-refractivity contribution in [1.82, 2.24) is 19.4 Å². The highest BCUT2D eigenvalue weighted by atomic mass is 32.2. The van der Waals surface area contributed by atoms with Crippen LogP contribution in [0, 0.1) is 0 Å². The van der Waals surface area contributed by atoms with Crippen molar-refractivity contribution in [2.45, 2.75) is 44.4 Å². The molecule has 0 bridgehead atoms. The molecule has 33 heavy (non-hydrogen) atoms. The molecule has 7 heteroatoms. The quantitative estimate of drug-likeness (QED) is 0.370. The Balaban J connectivity index is 1.39. The maximum Gasteiger partial charge on any atom is 0.262 e. The number of thioether (sulfide) groups is 1. The number of piperazine rings is 1. The number of aromatic nitrogens is 2. The molecule has 0 N–H and O–H groups in total. The van der Waals surface area contributed by atoms with Crippen molar-refractivity contribution in [3.63, 3.8) is 0 Å². The lowest BCUT2D eigenvalue weighted by atomic mass is 10.1. The third-order valence-corrected chi connectivity index (χ3v) is 7.34. The summed E-state index contributed by atoms with van der Waals surface area (Å²) in [5.41, 5.74) is 1.97. The summed E-state index contributed by atoms with van der Waals surface area (Å²) in [6.45, 7) is 8.13. The molecule has 1 amide bonds. The van der Waals surface area contributed by atoms with Gasteiger partial charge in [0.2, 0.25) is 5.91 Å². The number of carbonyl (C=O) groups is 1. The topological polar surface area (TPSA) is 58.4 Å². The molecule has 174 valence electrons. The molecule has 0 saturated carbocycles. The summed E-state index contributed by atoms with van der Waals surface area (Å²) >= 11 is 1.38. The minimum Gasteiger partial charge on any atom is -0.339 e. The smallest absolute Gasteiger partial charge is 0.262 e. The third-order valence-electron chi connectivity index (χ3n) is 6.38. The van der Waals surface area contributed by atoms with Crippen LogP contribution in [0.15, 0.2) is 64.5 Å². The molecule has 1 aliphatic rings. The highest BCUT2D eigenvalue weighted by Gasteiger charge is 2.25.